The van der Waals surface area contributed by atoms with Crippen molar-refractivity contribution in [3.8, 4) is 12.3 Å². The van der Waals surface area contributed by atoms with Crippen molar-refractivity contribution in [2.45, 2.75) is 6.92 Å². The molecule has 2 N–H and O–H groups in total. The maximum absolute atomic E-state index is 11.3. The van der Waals surface area contributed by atoms with Gasteiger partial charge >= 0.3 is 6.03 Å². The number of amides is 2. The molecule has 0 unspecified atom stereocenters. The van der Waals surface area contributed by atoms with Gasteiger partial charge in [0.2, 0.25) is 0 Å². The van der Waals surface area contributed by atoms with Crippen molar-refractivity contribution in [2.75, 3.05) is 11.9 Å². The van der Waals surface area contributed by atoms with Crippen LogP contribution >= 0.6 is 11.3 Å². The number of nitrogens with zero attached hydrogens (tertiary/aromatic N) is 1. The minimum absolute atomic E-state index is 0.256. The molecule has 0 saturated heterocycles. The summed E-state index contributed by atoms with van der Waals surface area (Å²) >= 11 is 1.38. The first kappa shape index (κ1) is 11.4. The number of aromatic nitrogens is 1. The fourth-order valence-corrected chi connectivity index (χ4v) is 2.35. The Morgan fingerprint density at radius 2 is 2.41 bits per heavy atom. The third-order valence-corrected chi connectivity index (χ3v) is 3.15. The largest absolute Gasteiger partial charge is 0.338 e. The maximum atomic E-state index is 11.3. The standard InChI is InChI=1S/C12H11N3OS/c1-3-8-6-5-7-9-10(8)17-12(14-9)15-11(16)13-4-2/h1,5-7H,4H2,2H3,(H2,13,14,15,16). The fourth-order valence-electron chi connectivity index (χ4n) is 1.42. The van der Waals surface area contributed by atoms with Crippen LogP contribution in [0.15, 0.2) is 18.2 Å². The van der Waals surface area contributed by atoms with Gasteiger partial charge < -0.3 is 5.32 Å². The molecule has 2 aromatic rings. The summed E-state index contributed by atoms with van der Waals surface area (Å²) < 4.78 is 0.918. The number of benzene rings is 1. The molecular formula is C12H11N3OS. The molecule has 1 heterocycles. The maximum Gasteiger partial charge on any atom is 0.321 e. The van der Waals surface area contributed by atoms with Gasteiger partial charge in [-0.3, -0.25) is 5.32 Å². The normalized spacial score (nSPS) is 9.88. The smallest absolute Gasteiger partial charge is 0.321 e. The second-order valence-corrected chi connectivity index (χ2v) is 4.30. The van der Waals surface area contributed by atoms with E-state index < -0.39 is 0 Å². The summed E-state index contributed by atoms with van der Waals surface area (Å²) in [5.74, 6) is 2.60. The number of terminal acetylenes is 1. The van der Waals surface area contributed by atoms with E-state index in [1.807, 2.05) is 25.1 Å². The molecule has 17 heavy (non-hydrogen) atoms. The Morgan fingerprint density at radius 1 is 1.59 bits per heavy atom. The van der Waals surface area contributed by atoms with Crippen LogP contribution in [0.25, 0.3) is 10.2 Å². The second-order valence-electron chi connectivity index (χ2n) is 3.30. The van der Waals surface area contributed by atoms with Gasteiger partial charge in [0.25, 0.3) is 0 Å². The van der Waals surface area contributed by atoms with Crippen LogP contribution in [0.3, 0.4) is 0 Å². The van der Waals surface area contributed by atoms with Gasteiger partial charge in [0.15, 0.2) is 5.13 Å². The molecule has 2 amide bonds. The van der Waals surface area contributed by atoms with Crippen LogP contribution in [0.5, 0.6) is 0 Å². The number of carbonyl (C=O) groups excluding carboxylic acids is 1. The van der Waals surface area contributed by atoms with Crippen molar-refractivity contribution in [1.82, 2.24) is 10.3 Å². The average molecular weight is 245 g/mol. The molecule has 0 bridgehead atoms. The number of nitrogens with one attached hydrogen (secondary N) is 2. The third-order valence-electron chi connectivity index (χ3n) is 2.13. The lowest BCUT2D eigenvalue weighted by atomic mass is 10.2. The van der Waals surface area contributed by atoms with Gasteiger partial charge in [-0.2, -0.15) is 0 Å². The predicted molar refractivity (Wildman–Crippen MR) is 70.3 cm³/mol. The molecule has 0 spiro atoms. The fraction of sp³-hybridized carbons (Fsp3) is 0.167. The highest BCUT2D eigenvalue weighted by atomic mass is 32.1. The van der Waals surface area contributed by atoms with Gasteiger partial charge in [-0.05, 0) is 19.1 Å². The molecule has 4 nitrogen and oxygen atoms in total. The molecule has 1 aromatic heterocycles. The van der Waals surface area contributed by atoms with E-state index in [1.54, 1.807) is 0 Å². The lowest BCUT2D eigenvalue weighted by molar-refractivity contribution is 0.252. The van der Waals surface area contributed by atoms with Gasteiger partial charge in [0, 0.05) is 12.1 Å². The molecule has 0 radical (unpaired) electrons. The zero-order chi connectivity index (χ0) is 12.3. The number of carbonyl (C=O) groups is 1. The van der Waals surface area contributed by atoms with Gasteiger partial charge in [-0.1, -0.05) is 23.3 Å². The SMILES string of the molecule is C#Cc1cccc2nc(NC(=O)NCC)sc12. The number of fused-ring (bicyclic) bond motifs is 1. The summed E-state index contributed by atoms with van der Waals surface area (Å²) in [7, 11) is 0. The van der Waals surface area contributed by atoms with Crippen LogP contribution in [0, 0.1) is 12.3 Å². The highest BCUT2D eigenvalue weighted by molar-refractivity contribution is 7.22. The first-order chi connectivity index (χ1) is 8.24. The number of rotatable bonds is 2. The summed E-state index contributed by atoms with van der Waals surface area (Å²) in [6.07, 6.45) is 5.40. The molecule has 0 aliphatic heterocycles. The number of anilines is 1. The molecular weight excluding hydrogens is 234 g/mol. The van der Waals surface area contributed by atoms with Crippen molar-refractivity contribution in [3.63, 3.8) is 0 Å². The zero-order valence-corrected chi connectivity index (χ0v) is 10.1. The molecule has 5 heteroatoms. The topological polar surface area (TPSA) is 54.0 Å². The Hall–Kier alpha value is -2.06. The minimum Gasteiger partial charge on any atom is -0.338 e. The molecule has 1 aromatic carbocycles. The number of urea groups is 1. The van der Waals surface area contributed by atoms with E-state index in [-0.39, 0.29) is 6.03 Å². The molecule has 86 valence electrons. The van der Waals surface area contributed by atoms with Gasteiger partial charge in [-0.15, -0.1) is 6.42 Å². The quantitative estimate of drug-likeness (QED) is 0.798. The highest BCUT2D eigenvalue weighted by Gasteiger charge is 2.08. The van der Waals surface area contributed by atoms with Crippen molar-refractivity contribution < 1.29 is 4.79 Å². The Bertz CT molecular complexity index is 597. The second kappa shape index (κ2) is 4.85. The first-order valence-electron chi connectivity index (χ1n) is 5.15. The summed E-state index contributed by atoms with van der Waals surface area (Å²) in [6.45, 7) is 2.43. The Morgan fingerprint density at radius 3 is 3.12 bits per heavy atom. The molecule has 0 aliphatic rings. The van der Waals surface area contributed by atoms with Crippen LogP contribution in [0.2, 0.25) is 0 Å². The molecule has 0 atom stereocenters. The summed E-state index contributed by atoms with van der Waals surface area (Å²) in [5.41, 5.74) is 1.60. The average Bonchev–Trinajstić information content (AvgIpc) is 2.70. The summed E-state index contributed by atoms with van der Waals surface area (Å²) in [6, 6.07) is 5.33. The van der Waals surface area contributed by atoms with E-state index >= 15 is 0 Å². The Balaban J connectivity index is 2.32. The molecule has 2 rings (SSSR count). The van der Waals surface area contributed by atoms with Gasteiger partial charge in [0.1, 0.15) is 0 Å². The van der Waals surface area contributed by atoms with Crippen LogP contribution in [-0.4, -0.2) is 17.6 Å². The van der Waals surface area contributed by atoms with E-state index in [4.69, 9.17) is 6.42 Å². The van der Waals surface area contributed by atoms with Crippen molar-refractivity contribution in [3.05, 3.63) is 23.8 Å². The first-order valence-corrected chi connectivity index (χ1v) is 5.97. The zero-order valence-electron chi connectivity index (χ0n) is 9.28. The molecule has 0 fully saturated rings. The molecule has 0 aliphatic carbocycles. The third kappa shape index (κ3) is 2.37. The monoisotopic (exact) mass is 245 g/mol. The number of hydrogen-bond donors (Lipinski definition) is 2. The van der Waals surface area contributed by atoms with Crippen LogP contribution in [-0.2, 0) is 0 Å². The minimum atomic E-state index is -0.256. The summed E-state index contributed by atoms with van der Waals surface area (Å²) in [4.78, 5) is 15.6. The lowest BCUT2D eigenvalue weighted by Gasteiger charge is -2.00. The Labute approximate surface area is 103 Å². The van der Waals surface area contributed by atoms with E-state index in [0.29, 0.717) is 11.7 Å². The van der Waals surface area contributed by atoms with Crippen LogP contribution in [0.4, 0.5) is 9.93 Å². The molecule has 0 saturated carbocycles. The van der Waals surface area contributed by atoms with Crippen molar-refractivity contribution in [2.24, 2.45) is 0 Å². The van der Waals surface area contributed by atoms with E-state index in [9.17, 15) is 4.79 Å². The van der Waals surface area contributed by atoms with Gasteiger partial charge in [0.05, 0.1) is 10.2 Å². The van der Waals surface area contributed by atoms with Crippen molar-refractivity contribution in [1.29, 1.82) is 0 Å². The highest BCUT2D eigenvalue weighted by Crippen LogP contribution is 2.28. The van der Waals surface area contributed by atoms with E-state index in [1.165, 1.54) is 11.3 Å². The van der Waals surface area contributed by atoms with Crippen LogP contribution < -0.4 is 10.6 Å². The number of hydrogen-bond acceptors (Lipinski definition) is 3. The van der Waals surface area contributed by atoms with Gasteiger partial charge in [-0.25, -0.2) is 9.78 Å². The predicted octanol–water partition coefficient (Wildman–Crippen LogP) is 2.42. The summed E-state index contributed by atoms with van der Waals surface area (Å²) in [5, 5.41) is 5.87. The lowest BCUT2D eigenvalue weighted by Crippen LogP contribution is -2.28. The Kier molecular flexibility index (Phi) is 3.26. The van der Waals surface area contributed by atoms with E-state index in [0.717, 1.165) is 15.8 Å². The van der Waals surface area contributed by atoms with Crippen molar-refractivity contribution >= 4 is 32.7 Å². The number of thiazole rings is 1. The van der Waals surface area contributed by atoms with E-state index in [2.05, 4.69) is 21.5 Å². The van der Waals surface area contributed by atoms with Crippen LogP contribution in [0.1, 0.15) is 12.5 Å².